The first kappa shape index (κ1) is 27.7. The lowest BCUT2D eigenvalue weighted by atomic mass is 10.0. The minimum atomic E-state index is -0.900. The first-order valence-electron chi connectivity index (χ1n) is 11.5. The molecule has 190 valence electrons. The molecule has 0 fully saturated rings. The summed E-state index contributed by atoms with van der Waals surface area (Å²) < 4.78 is 21.1. The van der Waals surface area contributed by atoms with Crippen LogP contribution in [0.5, 0.6) is 5.75 Å². The monoisotopic (exact) mass is 574 g/mol. The second kappa shape index (κ2) is 12.4. The highest BCUT2D eigenvalue weighted by molar-refractivity contribution is 9.10. The zero-order chi connectivity index (χ0) is 26.3. The average Bonchev–Trinajstić information content (AvgIpc) is 2.81. The van der Waals surface area contributed by atoms with Crippen molar-refractivity contribution in [3.63, 3.8) is 0 Å². The van der Waals surface area contributed by atoms with Gasteiger partial charge in [0, 0.05) is 28.5 Å². The van der Waals surface area contributed by atoms with Gasteiger partial charge in [-0.1, -0.05) is 76.1 Å². The number of carbonyl (C=O) groups excluding carboxylic acids is 2. The number of nitrogens with one attached hydrogen (secondary N) is 1. The molecule has 3 aromatic rings. The summed E-state index contributed by atoms with van der Waals surface area (Å²) in [5.74, 6) is -0.931. The van der Waals surface area contributed by atoms with Gasteiger partial charge in [-0.3, -0.25) is 9.59 Å². The summed E-state index contributed by atoms with van der Waals surface area (Å²) in [7, 11) is 0. The number of carbonyl (C=O) groups is 2. The van der Waals surface area contributed by atoms with Gasteiger partial charge in [-0.25, -0.2) is 4.39 Å². The zero-order valence-corrected chi connectivity index (χ0v) is 22.8. The van der Waals surface area contributed by atoms with Gasteiger partial charge in [0.2, 0.25) is 5.91 Å². The van der Waals surface area contributed by atoms with Crippen molar-refractivity contribution in [2.45, 2.75) is 45.3 Å². The van der Waals surface area contributed by atoms with Crippen molar-refractivity contribution in [3.8, 4) is 5.75 Å². The van der Waals surface area contributed by atoms with Gasteiger partial charge >= 0.3 is 0 Å². The molecule has 0 aliphatic rings. The van der Waals surface area contributed by atoms with E-state index in [2.05, 4.69) is 21.2 Å². The molecule has 3 rings (SSSR count). The van der Waals surface area contributed by atoms with E-state index in [0.717, 1.165) is 10.0 Å². The molecule has 0 saturated carbocycles. The molecular formula is C28H29BrClFN2O3. The van der Waals surface area contributed by atoms with Crippen LogP contribution in [0.25, 0.3) is 0 Å². The van der Waals surface area contributed by atoms with Gasteiger partial charge < -0.3 is 15.0 Å². The topological polar surface area (TPSA) is 58.6 Å². The number of rotatable bonds is 9. The Morgan fingerprint density at radius 2 is 1.72 bits per heavy atom. The van der Waals surface area contributed by atoms with E-state index < -0.39 is 23.3 Å². The summed E-state index contributed by atoms with van der Waals surface area (Å²) in [6.07, 6.45) is 0.252. The fourth-order valence-corrected chi connectivity index (χ4v) is 4.36. The van der Waals surface area contributed by atoms with Gasteiger partial charge in [-0.15, -0.1) is 0 Å². The third kappa shape index (κ3) is 8.07. The number of ether oxygens (including phenoxy) is 1. The van der Waals surface area contributed by atoms with E-state index in [-0.39, 0.29) is 25.5 Å². The Labute approximate surface area is 224 Å². The maximum absolute atomic E-state index is 14.6. The number of nitrogens with zero attached hydrogens (tertiary/aromatic N) is 1. The third-order valence-corrected chi connectivity index (χ3v) is 6.10. The molecule has 1 atom stereocenters. The van der Waals surface area contributed by atoms with E-state index in [0.29, 0.717) is 16.3 Å². The van der Waals surface area contributed by atoms with Crippen LogP contribution in [0.4, 0.5) is 4.39 Å². The van der Waals surface area contributed by atoms with Crippen LogP contribution in [0, 0.1) is 5.82 Å². The summed E-state index contributed by atoms with van der Waals surface area (Å²) in [4.78, 5) is 28.4. The summed E-state index contributed by atoms with van der Waals surface area (Å²) >= 11 is 9.58. The van der Waals surface area contributed by atoms with Crippen molar-refractivity contribution in [2.75, 3.05) is 6.61 Å². The molecule has 0 spiro atoms. The second-order valence-corrected chi connectivity index (χ2v) is 10.7. The molecule has 0 unspecified atom stereocenters. The van der Waals surface area contributed by atoms with Crippen LogP contribution in [-0.4, -0.2) is 34.9 Å². The van der Waals surface area contributed by atoms with Crippen molar-refractivity contribution >= 4 is 39.3 Å². The van der Waals surface area contributed by atoms with E-state index in [1.54, 1.807) is 36.4 Å². The summed E-state index contributed by atoms with van der Waals surface area (Å²) in [6, 6.07) is 19.8. The smallest absolute Gasteiger partial charge is 0.261 e. The molecule has 0 aliphatic carbocycles. The summed E-state index contributed by atoms with van der Waals surface area (Å²) in [5.41, 5.74) is 0.643. The predicted octanol–water partition coefficient (Wildman–Crippen LogP) is 6.18. The maximum atomic E-state index is 14.6. The van der Waals surface area contributed by atoms with Crippen molar-refractivity contribution in [1.82, 2.24) is 10.2 Å². The molecule has 0 radical (unpaired) electrons. The first-order valence-corrected chi connectivity index (χ1v) is 12.7. The Bertz CT molecular complexity index is 1200. The van der Waals surface area contributed by atoms with E-state index in [1.807, 2.05) is 51.1 Å². The van der Waals surface area contributed by atoms with Gasteiger partial charge in [-0.05, 0) is 50.6 Å². The minimum Gasteiger partial charge on any atom is -0.482 e. The number of amides is 2. The largest absolute Gasteiger partial charge is 0.482 e. The molecule has 3 aromatic carbocycles. The van der Waals surface area contributed by atoms with Gasteiger partial charge in [0.15, 0.2) is 6.61 Å². The molecule has 36 heavy (non-hydrogen) atoms. The van der Waals surface area contributed by atoms with Gasteiger partial charge in [0.05, 0.1) is 5.02 Å². The lowest BCUT2D eigenvalue weighted by Crippen LogP contribution is -2.55. The quantitative estimate of drug-likeness (QED) is 0.332. The van der Waals surface area contributed by atoms with Crippen LogP contribution < -0.4 is 10.1 Å². The van der Waals surface area contributed by atoms with Crippen molar-refractivity contribution in [2.24, 2.45) is 0 Å². The molecule has 1 N–H and O–H groups in total. The highest BCUT2D eigenvalue weighted by atomic mass is 79.9. The van der Waals surface area contributed by atoms with Crippen LogP contribution in [0.1, 0.15) is 31.9 Å². The normalized spacial score (nSPS) is 12.1. The average molecular weight is 576 g/mol. The van der Waals surface area contributed by atoms with Crippen LogP contribution in [-0.2, 0) is 22.6 Å². The van der Waals surface area contributed by atoms with Crippen LogP contribution >= 0.6 is 27.5 Å². The van der Waals surface area contributed by atoms with E-state index >= 15 is 0 Å². The lowest BCUT2D eigenvalue weighted by molar-refractivity contribution is -0.143. The summed E-state index contributed by atoms with van der Waals surface area (Å²) in [6.45, 7) is 5.13. The zero-order valence-electron chi connectivity index (χ0n) is 20.4. The highest BCUT2D eigenvalue weighted by Crippen LogP contribution is 2.28. The van der Waals surface area contributed by atoms with Gasteiger partial charge in [-0.2, -0.15) is 0 Å². The minimum absolute atomic E-state index is 0.0992. The SMILES string of the molecule is CC(C)(C)NC(=O)[C@H](Cc1ccccc1)N(Cc1ccccc1F)C(=O)COc1ccc(Br)cc1Cl. The molecule has 0 aromatic heterocycles. The predicted molar refractivity (Wildman–Crippen MR) is 143 cm³/mol. The van der Waals surface area contributed by atoms with E-state index in [4.69, 9.17) is 16.3 Å². The number of benzene rings is 3. The Balaban J connectivity index is 1.95. The van der Waals surface area contributed by atoms with Crippen LogP contribution in [0.2, 0.25) is 5.02 Å². The molecular weight excluding hydrogens is 547 g/mol. The van der Waals surface area contributed by atoms with Crippen LogP contribution in [0.15, 0.2) is 77.3 Å². The van der Waals surface area contributed by atoms with Crippen molar-refractivity contribution in [3.05, 3.63) is 99.2 Å². The lowest BCUT2D eigenvalue weighted by Gasteiger charge is -2.33. The molecule has 0 saturated heterocycles. The second-order valence-electron chi connectivity index (χ2n) is 9.42. The molecule has 2 amide bonds. The fraction of sp³-hybridized carbons (Fsp3) is 0.286. The molecule has 8 heteroatoms. The Kier molecular flexibility index (Phi) is 9.51. The van der Waals surface area contributed by atoms with Gasteiger partial charge in [0.1, 0.15) is 17.6 Å². The number of hydrogen-bond acceptors (Lipinski definition) is 3. The number of hydrogen-bond donors (Lipinski definition) is 1. The third-order valence-electron chi connectivity index (χ3n) is 5.31. The Morgan fingerprint density at radius 1 is 1.06 bits per heavy atom. The Hall–Kier alpha value is -2.90. The van der Waals surface area contributed by atoms with E-state index in [9.17, 15) is 14.0 Å². The summed E-state index contributed by atoms with van der Waals surface area (Å²) in [5, 5.41) is 3.31. The molecule has 0 heterocycles. The molecule has 5 nitrogen and oxygen atoms in total. The van der Waals surface area contributed by atoms with Crippen LogP contribution in [0.3, 0.4) is 0 Å². The Morgan fingerprint density at radius 3 is 2.36 bits per heavy atom. The molecule has 0 aliphatic heterocycles. The molecule has 0 bridgehead atoms. The fourth-order valence-electron chi connectivity index (χ4n) is 3.63. The standard InChI is InChI=1S/C28H29BrClFN2O3/c1-28(2,3)32-27(35)24(15-19-9-5-4-6-10-19)33(17-20-11-7-8-12-23(20)31)26(34)18-36-25-14-13-21(29)16-22(25)30/h4-14,16,24H,15,17-18H2,1-3H3,(H,32,35)/t24-/m0/s1. The maximum Gasteiger partial charge on any atom is 0.261 e. The van der Waals surface area contributed by atoms with Crippen molar-refractivity contribution in [1.29, 1.82) is 0 Å². The van der Waals surface area contributed by atoms with E-state index in [1.165, 1.54) is 11.0 Å². The first-order chi connectivity index (χ1) is 17.0. The van der Waals surface area contributed by atoms with Crippen molar-refractivity contribution < 1.29 is 18.7 Å². The highest BCUT2D eigenvalue weighted by Gasteiger charge is 2.33. The number of halogens is 3. The van der Waals surface area contributed by atoms with Gasteiger partial charge in [0.25, 0.3) is 5.91 Å².